The Balaban J connectivity index is 1.75. The molecule has 0 aliphatic carbocycles. The molecule has 0 spiro atoms. The Bertz CT molecular complexity index is 1520. The van der Waals surface area contributed by atoms with E-state index < -0.39 is 11.8 Å². The third-order valence-corrected chi connectivity index (χ3v) is 6.09. The fourth-order valence-electron chi connectivity index (χ4n) is 4.43. The van der Waals surface area contributed by atoms with E-state index in [1.165, 1.54) is 4.68 Å². The SMILES string of the molecule is CCCc1[nH]n(-c2ccccc2)c(=O)c1C1=C([n+]2ccccc2)C(=O)N(c2ccc(OC)cc2)C1=O. The summed E-state index contributed by atoms with van der Waals surface area (Å²) in [5.41, 5.74) is 1.67. The molecule has 1 aliphatic heterocycles. The molecule has 2 aromatic carbocycles. The van der Waals surface area contributed by atoms with Crippen LogP contribution in [0.25, 0.3) is 17.0 Å². The minimum Gasteiger partial charge on any atom is -0.497 e. The zero-order valence-electron chi connectivity index (χ0n) is 20.0. The fraction of sp³-hybridized carbons (Fsp3) is 0.143. The number of amides is 2. The van der Waals surface area contributed by atoms with E-state index in [0.717, 1.165) is 11.3 Å². The summed E-state index contributed by atoms with van der Waals surface area (Å²) in [5, 5.41) is 3.18. The molecule has 8 nitrogen and oxygen atoms in total. The molecular weight excluding hydrogens is 456 g/mol. The van der Waals surface area contributed by atoms with Crippen LogP contribution < -0.4 is 19.8 Å². The van der Waals surface area contributed by atoms with Gasteiger partial charge in [-0.1, -0.05) is 37.6 Å². The molecular formula is C28H25N4O4+. The van der Waals surface area contributed by atoms with Crippen molar-refractivity contribution in [1.82, 2.24) is 9.78 Å². The van der Waals surface area contributed by atoms with Gasteiger partial charge in [-0.3, -0.25) is 19.5 Å². The number of para-hydroxylation sites is 1. The van der Waals surface area contributed by atoms with E-state index in [1.54, 1.807) is 60.5 Å². The molecule has 3 heterocycles. The third-order valence-electron chi connectivity index (χ3n) is 6.09. The lowest BCUT2D eigenvalue weighted by atomic mass is 10.0. The van der Waals surface area contributed by atoms with Gasteiger partial charge in [0.2, 0.25) is 0 Å². The smallest absolute Gasteiger partial charge is 0.331 e. The molecule has 2 aromatic heterocycles. The highest BCUT2D eigenvalue weighted by Crippen LogP contribution is 2.34. The number of nitrogens with one attached hydrogen (secondary N) is 1. The molecule has 5 rings (SSSR count). The summed E-state index contributed by atoms with van der Waals surface area (Å²) in [6, 6.07) is 21.2. The molecule has 0 saturated heterocycles. The molecule has 36 heavy (non-hydrogen) atoms. The highest BCUT2D eigenvalue weighted by molar-refractivity contribution is 6.53. The van der Waals surface area contributed by atoms with Crippen LogP contribution in [0.2, 0.25) is 0 Å². The maximum atomic E-state index is 14.0. The Kier molecular flexibility index (Phi) is 6.08. The highest BCUT2D eigenvalue weighted by Gasteiger charge is 2.48. The number of anilines is 1. The number of aryl methyl sites for hydroxylation is 1. The summed E-state index contributed by atoms with van der Waals surface area (Å²) in [5.74, 6) is -0.457. The largest absolute Gasteiger partial charge is 0.497 e. The predicted octanol–water partition coefficient (Wildman–Crippen LogP) is 3.36. The van der Waals surface area contributed by atoms with E-state index in [4.69, 9.17) is 4.74 Å². The predicted molar refractivity (Wildman–Crippen MR) is 136 cm³/mol. The molecule has 0 fully saturated rings. The Morgan fingerprint density at radius 2 is 1.50 bits per heavy atom. The summed E-state index contributed by atoms with van der Waals surface area (Å²) < 4.78 is 8.23. The van der Waals surface area contributed by atoms with Gasteiger partial charge in [0.05, 0.1) is 24.0 Å². The molecule has 0 atom stereocenters. The standard InChI is InChI=1S/C28H24N4O4/c1-3-10-22-23(27(34)32(29-22)20-11-6-4-7-12-20)24-25(30-17-8-5-9-18-30)28(35)31(26(24)33)19-13-15-21(36-2)16-14-19/h4-9,11-18H,3,10H2,1-2H3/p+1. The summed E-state index contributed by atoms with van der Waals surface area (Å²) in [4.78, 5) is 42.6. The number of hydrogen-bond acceptors (Lipinski definition) is 4. The van der Waals surface area contributed by atoms with Crippen LogP contribution in [0.3, 0.4) is 0 Å². The zero-order valence-corrected chi connectivity index (χ0v) is 20.0. The van der Waals surface area contributed by atoms with Gasteiger partial charge in [-0.2, -0.15) is 4.57 Å². The van der Waals surface area contributed by atoms with Gasteiger partial charge >= 0.3 is 5.91 Å². The number of methoxy groups -OCH3 is 1. The van der Waals surface area contributed by atoms with Gasteiger partial charge < -0.3 is 4.74 Å². The number of pyridine rings is 1. The molecule has 180 valence electrons. The van der Waals surface area contributed by atoms with Crippen molar-refractivity contribution >= 4 is 28.8 Å². The van der Waals surface area contributed by atoms with E-state index in [1.807, 2.05) is 43.3 Å². The van der Waals surface area contributed by atoms with Crippen molar-refractivity contribution < 1.29 is 18.9 Å². The van der Waals surface area contributed by atoms with Crippen LogP contribution in [-0.4, -0.2) is 28.7 Å². The Morgan fingerprint density at radius 3 is 2.14 bits per heavy atom. The van der Waals surface area contributed by atoms with Crippen molar-refractivity contribution in [1.29, 1.82) is 0 Å². The van der Waals surface area contributed by atoms with Gasteiger partial charge in [-0.05, 0) is 42.8 Å². The Hall–Kier alpha value is -4.72. The average molecular weight is 482 g/mol. The molecule has 0 unspecified atom stereocenters. The molecule has 2 amide bonds. The molecule has 0 radical (unpaired) electrons. The lowest BCUT2D eigenvalue weighted by Crippen LogP contribution is -2.39. The summed E-state index contributed by atoms with van der Waals surface area (Å²) in [6.07, 6.45) is 4.66. The van der Waals surface area contributed by atoms with E-state index in [2.05, 4.69) is 5.10 Å². The minimum absolute atomic E-state index is 0.0754. The molecule has 8 heteroatoms. The number of ether oxygens (including phenoxy) is 1. The van der Waals surface area contributed by atoms with Crippen LogP contribution in [0, 0.1) is 0 Å². The van der Waals surface area contributed by atoms with Gasteiger partial charge in [-0.25, -0.2) is 9.58 Å². The van der Waals surface area contributed by atoms with Gasteiger partial charge in [0, 0.05) is 17.8 Å². The first kappa shape index (κ1) is 23.0. The van der Waals surface area contributed by atoms with E-state index in [0.29, 0.717) is 29.2 Å². The first-order valence-electron chi connectivity index (χ1n) is 11.7. The number of nitrogens with zero attached hydrogens (tertiary/aromatic N) is 3. The number of imide groups is 1. The average Bonchev–Trinajstić information content (AvgIpc) is 3.37. The number of benzene rings is 2. The van der Waals surface area contributed by atoms with Crippen LogP contribution in [0.5, 0.6) is 5.75 Å². The van der Waals surface area contributed by atoms with Crippen LogP contribution in [0.4, 0.5) is 5.69 Å². The lowest BCUT2D eigenvalue weighted by Gasteiger charge is -2.14. The van der Waals surface area contributed by atoms with Gasteiger partial charge in [0.15, 0.2) is 12.4 Å². The van der Waals surface area contributed by atoms with Crippen molar-refractivity contribution in [2.45, 2.75) is 19.8 Å². The number of hydrogen-bond donors (Lipinski definition) is 1. The number of H-pyrrole nitrogens is 1. The van der Waals surface area contributed by atoms with Crippen molar-refractivity contribution in [3.8, 4) is 11.4 Å². The van der Waals surface area contributed by atoms with Crippen LogP contribution in [0.1, 0.15) is 24.6 Å². The van der Waals surface area contributed by atoms with Crippen molar-refractivity contribution in [3.05, 3.63) is 107 Å². The van der Waals surface area contributed by atoms with Crippen LogP contribution in [-0.2, 0) is 16.0 Å². The summed E-state index contributed by atoms with van der Waals surface area (Å²) in [7, 11) is 1.55. The van der Waals surface area contributed by atoms with Crippen LogP contribution >= 0.6 is 0 Å². The second-order valence-corrected chi connectivity index (χ2v) is 8.34. The van der Waals surface area contributed by atoms with Gasteiger partial charge in [0.25, 0.3) is 17.2 Å². The van der Waals surface area contributed by atoms with E-state index in [-0.39, 0.29) is 22.4 Å². The Morgan fingerprint density at radius 1 is 0.833 bits per heavy atom. The minimum atomic E-state index is -0.551. The van der Waals surface area contributed by atoms with Crippen molar-refractivity contribution in [2.24, 2.45) is 0 Å². The maximum absolute atomic E-state index is 14.0. The second-order valence-electron chi connectivity index (χ2n) is 8.34. The molecule has 0 saturated carbocycles. The molecule has 0 bridgehead atoms. The van der Waals surface area contributed by atoms with Crippen molar-refractivity contribution in [2.75, 3.05) is 12.0 Å². The molecule has 4 aromatic rings. The Labute approximate surface area is 207 Å². The first-order chi connectivity index (χ1) is 17.5. The van der Waals surface area contributed by atoms with Crippen molar-refractivity contribution in [3.63, 3.8) is 0 Å². The zero-order chi connectivity index (χ0) is 25.2. The fourth-order valence-corrected chi connectivity index (χ4v) is 4.43. The second kappa shape index (κ2) is 9.50. The summed E-state index contributed by atoms with van der Waals surface area (Å²) >= 11 is 0. The topological polar surface area (TPSA) is 88.3 Å². The van der Waals surface area contributed by atoms with E-state index >= 15 is 0 Å². The quantitative estimate of drug-likeness (QED) is 0.324. The van der Waals surface area contributed by atoms with Gasteiger partial charge in [0.1, 0.15) is 11.3 Å². The monoisotopic (exact) mass is 481 g/mol. The number of rotatable bonds is 7. The molecule has 1 aliphatic rings. The normalized spacial score (nSPS) is 13.6. The third kappa shape index (κ3) is 3.82. The number of carbonyl (C=O) groups is 2. The molecule has 1 N–H and O–H groups in total. The first-order valence-corrected chi connectivity index (χ1v) is 11.7. The number of carbonyl (C=O) groups excluding carboxylic acids is 2. The number of aromatic nitrogens is 3. The maximum Gasteiger partial charge on any atom is 0.331 e. The lowest BCUT2D eigenvalue weighted by molar-refractivity contribution is -0.576. The summed E-state index contributed by atoms with van der Waals surface area (Å²) in [6.45, 7) is 1.99. The number of aromatic amines is 1. The van der Waals surface area contributed by atoms with E-state index in [9.17, 15) is 14.4 Å². The van der Waals surface area contributed by atoms with Crippen LogP contribution in [0.15, 0.2) is 90.0 Å². The van der Waals surface area contributed by atoms with Gasteiger partial charge in [-0.15, -0.1) is 0 Å². The highest BCUT2D eigenvalue weighted by atomic mass is 16.5.